The van der Waals surface area contributed by atoms with Gasteiger partial charge in [-0.2, -0.15) is 0 Å². The van der Waals surface area contributed by atoms with Gasteiger partial charge in [-0.05, 0) is 30.2 Å². The zero-order chi connectivity index (χ0) is 18.0. The van der Waals surface area contributed by atoms with Crippen molar-refractivity contribution in [2.24, 2.45) is 5.92 Å². The molecule has 1 aromatic carbocycles. The third kappa shape index (κ3) is 3.85. The van der Waals surface area contributed by atoms with Crippen LogP contribution in [0.4, 0.5) is 5.69 Å². The quantitative estimate of drug-likeness (QED) is 0.928. The van der Waals surface area contributed by atoms with Crippen LogP contribution in [0.15, 0.2) is 30.5 Å². The number of aromatic nitrogens is 1. The number of fused-ring (bicyclic) bond motifs is 1. The molecule has 1 aromatic heterocycles. The van der Waals surface area contributed by atoms with E-state index in [2.05, 4.69) is 36.0 Å². The maximum Gasteiger partial charge on any atom is 0.249 e. The number of hydrogen-bond acceptors (Lipinski definition) is 3. The number of morpholine rings is 1. The van der Waals surface area contributed by atoms with Crippen molar-refractivity contribution in [3.8, 4) is 0 Å². The number of anilines is 1. The highest BCUT2D eigenvalue weighted by molar-refractivity contribution is 5.98. The van der Waals surface area contributed by atoms with Gasteiger partial charge in [0.1, 0.15) is 6.04 Å². The summed E-state index contributed by atoms with van der Waals surface area (Å²) in [6.45, 7) is 7.97. The largest absolute Gasteiger partial charge is 0.377 e. The number of carbonyl (C=O) groups is 2. The summed E-state index contributed by atoms with van der Waals surface area (Å²) in [5.41, 5.74) is 1.88. The van der Waals surface area contributed by atoms with Crippen LogP contribution in [0.3, 0.4) is 0 Å². The van der Waals surface area contributed by atoms with Gasteiger partial charge in [-0.1, -0.05) is 13.8 Å². The minimum atomic E-state index is -0.576. The van der Waals surface area contributed by atoms with Crippen molar-refractivity contribution >= 4 is 28.4 Å². The Kier molecular flexibility index (Phi) is 5.08. The summed E-state index contributed by atoms with van der Waals surface area (Å²) in [4.78, 5) is 25.9. The van der Waals surface area contributed by atoms with E-state index in [1.165, 1.54) is 6.92 Å². The molecule has 0 spiro atoms. The summed E-state index contributed by atoms with van der Waals surface area (Å²) in [5.74, 6) is 0.249. The van der Waals surface area contributed by atoms with Crippen LogP contribution in [-0.4, -0.2) is 47.1 Å². The number of nitrogens with one attached hydrogen (secondary N) is 1. The molecule has 2 amide bonds. The first kappa shape index (κ1) is 17.5. The van der Waals surface area contributed by atoms with E-state index in [4.69, 9.17) is 4.74 Å². The van der Waals surface area contributed by atoms with Crippen molar-refractivity contribution < 1.29 is 14.3 Å². The van der Waals surface area contributed by atoms with Crippen LogP contribution < -0.4 is 5.32 Å². The van der Waals surface area contributed by atoms with Crippen LogP contribution in [-0.2, 0) is 20.9 Å². The Morgan fingerprint density at radius 1 is 1.32 bits per heavy atom. The van der Waals surface area contributed by atoms with Crippen molar-refractivity contribution in [3.63, 3.8) is 0 Å². The Morgan fingerprint density at radius 2 is 2.12 bits per heavy atom. The molecule has 0 unspecified atom stereocenters. The van der Waals surface area contributed by atoms with Gasteiger partial charge in [0.2, 0.25) is 11.8 Å². The molecule has 2 aromatic rings. The molecule has 1 saturated heterocycles. The van der Waals surface area contributed by atoms with Crippen molar-refractivity contribution in [3.05, 3.63) is 30.5 Å². The van der Waals surface area contributed by atoms with E-state index < -0.39 is 6.04 Å². The topological polar surface area (TPSA) is 63.6 Å². The highest BCUT2D eigenvalue weighted by atomic mass is 16.5. The molecule has 0 bridgehead atoms. The van der Waals surface area contributed by atoms with Crippen molar-refractivity contribution in [1.82, 2.24) is 9.47 Å². The Labute approximate surface area is 147 Å². The minimum absolute atomic E-state index is 0.107. The zero-order valence-corrected chi connectivity index (χ0v) is 15.0. The third-order valence-corrected chi connectivity index (χ3v) is 4.44. The molecule has 1 atom stereocenters. The first-order valence-corrected chi connectivity index (χ1v) is 8.70. The van der Waals surface area contributed by atoms with Gasteiger partial charge in [0.25, 0.3) is 0 Å². The maximum atomic E-state index is 12.6. The standard InChI is InChI=1S/C19H25N3O3/c1-13(2)11-21-7-6-15-10-16(4-5-17(15)21)20-19(24)18-12-25-9-8-22(18)14(3)23/h4-7,10,13,18H,8-9,11-12H2,1-3H3,(H,20,24)/t18-/m0/s1. The zero-order valence-electron chi connectivity index (χ0n) is 15.0. The summed E-state index contributed by atoms with van der Waals surface area (Å²) in [5, 5.41) is 4.00. The second kappa shape index (κ2) is 7.27. The van der Waals surface area contributed by atoms with Crippen molar-refractivity contribution in [2.45, 2.75) is 33.4 Å². The van der Waals surface area contributed by atoms with E-state index in [0.717, 1.165) is 23.1 Å². The molecule has 134 valence electrons. The second-order valence-electron chi connectivity index (χ2n) is 6.93. The highest BCUT2D eigenvalue weighted by Gasteiger charge is 2.31. The predicted molar refractivity (Wildman–Crippen MR) is 97.4 cm³/mol. The minimum Gasteiger partial charge on any atom is -0.377 e. The van der Waals surface area contributed by atoms with Gasteiger partial charge < -0.3 is 19.5 Å². The van der Waals surface area contributed by atoms with E-state index in [9.17, 15) is 9.59 Å². The molecular formula is C19H25N3O3. The van der Waals surface area contributed by atoms with E-state index in [-0.39, 0.29) is 18.4 Å². The van der Waals surface area contributed by atoms with Gasteiger partial charge in [0.15, 0.2) is 0 Å². The summed E-state index contributed by atoms with van der Waals surface area (Å²) in [6, 6.07) is 7.37. The Balaban J connectivity index is 1.76. The Hall–Kier alpha value is -2.34. The molecule has 0 saturated carbocycles. The van der Waals surface area contributed by atoms with E-state index in [1.807, 2.05) is 18.2 Å². The lowest BCUT2D eigenvalue weighted by atomic mass is 10.2. The summed E-state index contributed by atoms with van der Waals surface area (Å²) in [6.07, 6.45) is 2.07. The average Bonchev–Trinajstić information content (AvgIpc) is 2.96. The molecule has 1 fully saturated rings. The van der Waals surface area contributed by atoms with E-state index >= 15 is 0 Å². The fourth-order valence-electron chi connectivity index (χ4n) is 3.25. The number of nitrogens with zero attached hydrogens (tertiary/aromatic N) is 2. The smallest absolute Gasteiger partial charge is 0.249 e. The van der Waals surface area contributed by atoms with Crippen molar-refractivity contribution in [1.29, 1.82) is 0 Å². The fraction of sp³-hybridized carbons (Fsp3) is 0.474. The van der Waals surface area contributed by atoms with Gasteiger partial charge >= 0.3 is 0 Å². The van der Waals surface area contributed by atoms with Gasteiger partial charge in [-0.15, -0.1) is 0 Å². The fourth-order valence-corrected chi connectivity index (χ4v) is 3.25. The lowest BCUT2D eigenvalue weighted by molar-refractivity contribution is -0.144. The Morgan fingerprint density at radius 3 is 2.84 bits per heavy atom. The van der Waals surface area contributed by atoms with Crippen LogP contribution >= 0.6 is 0 Å². The van der Waals surface area contributed by atoms with Crippen LogP contribution in [0.2, 0.25) is 0 Å². The van der Waals surface area contributed by atoms with Gasteiger partial charge in [0.05, 0.1) is 13.2 Å². The molecule has 1 N–H and O–H groups in total. The third-order valence-electron chi connectivity index (χ3n) is 4.44. The number of amides is 2. The van der Waals surface area contributed by atoms with E-state index in [0.29, 0.717) is 19.1 Å². The van der Waals surface area contributed by atoms with Gasteiger partial charge in [0, 0.05) is 42.8 Å². The number of rotatable bonds is 4. The average molecular weight is 343 g/mol. The number of hydrogen-bond donors (Lipinski definition) is 1. The number of ether oxygens (including phenoxy) is 1. The first-order valence-electron chi connectivity index (χ1n) is 8.70. The van der Waals surface area contributed by atoms with Crippen LogP contribution in [0, 0.1) is 5.92 Å². The van der Waals surface area contributed by atoms with Crippen LogP contribution in [0.1, 0.15) is 20.8 Å². The van der Waals surface area contributed by atoms with Crippen molar-refractivity contribution in [2.75, 3.05) is 25.1 Å². The molecule has 0 aliphatic carbocycles. The summed E-state index contributed by atoms with van der Waals surface area (Å²) < 4.78 is 7.59. The lowest BCUT2D eigenvalue weighted by Gasteiger charge is -2.33. The highest BCUT2D eigenvalue weighted by Crippen LogP contribution is 2.22. The van der Waals surface area contributed by atoms with Crippen LogP contribution in [0.5, 0.6) is 0 Å². The SMILES string of the molecule is CC(=O)N1CCOC[C@H]1C(=O)Nc1ccc2c(ccn2CC(C)C)c1. The predicted octanol–water partition coefficient (Wildman–Crippen LogP) is 2.48. The molecule has 2 heterocycles. The van der Waals surface area contributed by atoms with Crippen LogP contribution in [0.25, 0.3) is 10.9 Å². The second-order valence-corrected chi connectivity index (χ2v) is 6.93. The van der Waals surface area contributed by atoms with Gasteiger partial charge in [-0.3, -0.25) is 9.59 Å². The number of carbonyl (C=O) groups excluding carboxylic acids is 2. The van der Waals surface area contributed by atoms with E-state index in [1.54, 1.807) is 4.90 Å². The lowest BCUT2D eigenvalue weighted by Crippen LogP contribution is -2.53. The normalized spacial score (nSPS) is 17.9. The molecule has 1 aliphatic heterocycles. The maximum absolute atomic E-state index is 12.6. The van der Waals surface area contributed by atoms with Gasteiger partial charge in [-0.25, -0.2) is 0 Å². The molecule has 6 heteroatoms. The summed E-state index contributed by atoms with van der Waals surface area (Å²) >= 11 is 0. The molecule has 0 radical (unpaired) electrons. The summed E-state index contributed by atoms with van der Waals surface area (Å²) in [7, 11) is 0. The molecule has 25 heavy (non-hydrogen) atoms. The number of benzene rings is 1. The molecule has 6 nitrogen and oxygen atoms in total. The molecule has 3 rings (SSSR count). The Bertz CT molecular complexity index is 781. The monoisotopic (exact) mass is 343 g/mol. The molecular weight excluding hydrogens is 318 g/mol. The molecule has 1 aliphatic rings. The first-order chi connectivity index (χ1) is 12.0.